The van der Waals surface area contributed by atoms with E-state index in [0.29, 0.717) is 23.7 Å². The predicted octanol–water partition coefficient (Wildman–Crippen LogP) is 5.84. The molecule has 2 aromatic heterocycles. The van der Waals surface area contributed by atoms with Crippen LogP contribution in [0.2, 0.25) is 0 Å². The normalized spacial score (nSPS) is 13.7. The molecule has 0 saturated carbocycles. The second kappa shape index (κ2) is 12.7. The first kappa shape index (κ1) is 28.5. The first-order valence-corrected chi connectivity index (χ1v) is 14.5. The Morgan fingerprint density at radius 2 is 1.47 bits per heavy atom. The highest BCUT2D eigenvalue weighted by Gasteiger charge is 2.15. The van der Waals surface area contributed by atoms with E-state index in [1.807, 2.05) is 60.8 Å². The fourth-order valence-electron chi connectivity index (χ4n) is 5.42. The number of carbonyl (C=O) groups is 1. The largest absolute Gasteiger partial charge is 0.497 e. The van der Waals surface area contributed by atoms with Crippen LogP contribution in [-0.4, -0.2) is 73.6 Å². The molecule has 220 valence electrons. The average Bonchev–Trinajstić information content (AvgIpc) is 3.49. The van der Waals surface area contributed by atoms with Gasteiger partial charge in [0.25, 0.3) is 0 Å². The molecule has 0 unspecified atom stereocenters. The summed E-state index contributed by atoms with van der Waals surface area (Å²) in [4.78, 5) is 19.4. The van der Waals surface area contributed by atoms with E-state index in [1.54, 1.807) is 21.1 Å². The molecule has 1 aliphatic rings. The van der Waals surface area contributed by atoms with Gasteiger partial charge in [0.2, 0.25) is 0 Å². The lowest BCUT2D eigenvalue weighted by Crippen LogP contribution is -2.44. The maximum atomic E-state index is 11.9. The Balaban J connectivity index is 1.34. The Bertz CT molecular complexity index is 1700. The van der Waals surface area contributed by atoms with Crippen LogP contribution in [-0.2, 0) is 0 Å². The van der Waals surface area contributed by atoms with Crippen LogP contribution in [0.1, 0.15) is 17.3 Å². The van der Waals surface area contributed by atoms with E-state index in [1.165, 1.54) is 0 Å². The summed E-state index contributed by atoms with van der Waals surface area (Å²) < 4.78 is 19.2. The highest BCUT2D eigenvalue weighted by Crippen LogP contribution is 2.35. The number of hydrogen-bond acceptors (Lipinski definition) is 7. The molecule has 1 aliphatic heterocycles. The van der Waals surface area contributed by atoms with Crippen LogP contribution in [0.5, 0.6) is 17.2 Å². The number of nitrogens with zero attached hydrogens (tertiary/aromatic N) is 3. The molecule has 43 heavy (non-hydrogen) atoms. The standard InChI is InChI=1S/C35H36N4O4/c1-24(40)25-4-6-26(7-5-25)33-20-29(28-18-31(41-2)21-32(19-28)42-3)22-39-23-34(37-35(33)39)27-8-10-30(11-9-27)43-17-16-38-14-12-36-13-15-38/h4-11,18-23,36H,12-17H2,1-3H3. The molecule has 8 nitrogen and oxygen atoms in total. The molecule has 1 fully saturated rings. The van der Waals surface area contributed by atoms with Crippen LogP contribution in [0.25, 0.3) is 39.2 Å². The Kier molecular flexibility index (Phi) is 8.40. The molecule has 3 heterocycles. The molecule has 5 aromatic rings. The molecular weight excluding hydrogens is 540 g/mol. The summed E-state index contributed by atoms with van der Waals surface area (Å²) in [5.41, 5.74) is 7.21. The summed E-state index contributed by atoms with van der Waals surface area (Å²) in [7, 11) is 3.29. The van der Waals surface area contributed by atoms with E-state index < -0.39 is 0 Å². The first-order valence-electron chi connectivity index (χ1n) is 14.5. The maximum Gasteiger partial charge on any atom is 0.159 e. The van der Waals surface area contributed by atoms with Gasteiger partial charge < -0.3 is 23.9 Å². The molecule has 1 N–H and O–H groups in total. The molecule has 0 spiro atoms. The number of piperazine rings is 1. The number of benzene rings is 3. The second-order valence-corrected chi connectivity index (χ2v) is 10.7. The van der Waals surface area contributed by atoms with Crippen molar-refractivity contribution in [2.45, 2.75) is 6.92 Å². The summed E-state index contributed by atoms with van der Waals surface area (Å²) in [6, 6.07) is 23.8. The van der Waals surface area contributed by atoms with Crippen molar-refractivity contribution >= 4 is 11.4 Å². The van der Waals surface area contributed by atoms with Crippen LogP contribution in [0.4, 0.5) is 0 Å². The minimum absolute atomic E-state index is 0.0354. The van der Waals surface area contributed by atoms with Crippen molar-refractivity contribution in [3.8, 4) is 50.8 Å². The van der Waals surface area contributed by atoms with E-state index in [0.717, 1.165) is 77.6 Å². The third-order valence-corrected chi connectivity index (χ3v) is 7.87. The van der Waals surface area contributed by atoms with Crippen molar-refractivity contribution in [3.05, 3.63) is 90.8 Å². The van der Waals surface area contributed by atoms with Crippen molar-refractivity contribution in [3.63, 3.8) is 0 Å². The van der Waals surface area contributed by atoms with Crippen LogP contribution in [0.15, 0.2) is 85.2 Å². The summed E-state index contributed by atoms with van der Waals surface area (Å²) in [5.74, 6) is 2.31. The number of nitrogens with one attached hydrogen (secondary N) is 1. The van der Waals surface area contributed by atoms with Gasteiger partial charge in [-0.05, 0) is 66.1 Å². The topological polar surface area (TPSA) is 77.3 Å². The van der Waals surface area contributed by atoms with Gasteiger partial charge in [0.05, 0.1) is 19.9 Å². The quantitative estimate of drug-likeness (QED) is 0.209. The van der Waals surface area contributed by atoms with Gasteiger partial charge in [-0.15, -0.1) is 0 Å². The zero-order valence-corrected chi connectivity index (χ0v) is 24.8. The Morgan fingerprint density at radius 3 is 2.12 bits per heavy atom. The summed E-state index contributed by atoms with van der Waals surface area (Å²) >= 11 is 0. The van der Waals surface area contributed by atoms with E-state index in [2.05, 4.69) is 39.0 Å². The lowest BCUT2D eigenvalue weighted by molar-refractivity contribution is 0.101. The Morgan fingerprint density at radius 1 is 0.791 bits per heavy atom. The van der Waals surface area contributed by atoms with Gasteiger partial charge in [-0.1, -0.05) is 24.3 Å². The molecule has 6 rings (SSSR count). The number of rotatable bonds is 10. The zero-order valence-electron chi connectivity index (χ0n) is 24.8. The monoisotopic (exact) mass is 576 g/mol. The third kappa shape index (κ3) is 6.40. The molecule has 0 aliphatic carbocycles. The van der Waals surface area contributed by atoms with Crippen LogP contribution >= 0.6 is 0 Å². The summed E-state index contributed by atoms with van der Waals surface area (Å²) in [6.07, 6.45) is 4.12. The van der Waals surface area contributed by atoms with Gasteiger partial charge in [0.15, 0.2) is 5.78 Å². The predicted molar refractivity (Wildman–Crippen MR) is 169 cm³/mol. The van der Waals surface area contributed by atoms with Gasteiger partial charge in [-0.3, -0.25) is 9.69 Å². The number of ketones is 1. The van der Waals surface area contributed by atoms with Crippen molar-refractivity contribution in [1.82, 2.24) is 19.6 Å². The first-order chi connectivity index (χ1) is 21.0. The van der Waals surface area contributed by atoms with Gasteiger partial charge in [0.1, 0.15) is 29.5 Å². The van der Waals surface area contributed by atoms with Gasteiger partial charge in [-0.25, -0.2) is 4.98 Å². The number of methoxy groups -OCH3 is 2. The number of hydrogen-bond donors (Lipinski definition) is 1. The number of Topliss-reactive ketones (excluding diaryl/α,β-unsaturated/α-hetero) is 1. The molecule has 0 bridgehead atoms. The Hall–Kier alpha value is -4.66. The van der Waals surface area contributed by atoms with E-state index in [9.17, 15) is 4.79 Å². The molecule has 0 amide bonds. The second-order valence-electron chi connectivity index (χ2n) is 10.7. The smallest absolute Gasteiger partial charge is 0.159 e. The van der Waals surface area contributed by atoms with E-state index in [4.69, 9.17) is 19.2 Å². The van der Waals surface area contributed by atoms with E-state index in [-0.39, 0.29) is 5.78 Å². The van der Waals surface area contributed by atoms with Crippen LogP contribution in [0, 0.1) is 0 Å². The van der Waals surface area contributed by atoms with Gasteiger partial charge in [-0.2, -0.15) is 0 Å². The molecule has 3 aromatic carbocycles. The van der Waals surface area contributed by atoms with Crippen molar-refractivity contribution in [2.75, 3.05) is 53.6 Å². The van der Waals surface area contributed by atoms with Crippen LogP contribution < -0.4 is 19.5 Å². The molecular formula is C35H36N4O4. The number of imidazole rings is 1. The number of carbonyl (C=O) groups excluding carboxylic acids is 1. The van der Waals surface area contributed by atoms with Gasteiger partial charge in [0, 0.05) is 67.9 Å². The molecule has 1 saturated heterocycles. The SMILES string of the molecule is COc1cc(OC)cc(-c2cc(-c3ccc(C(C)=O)cc3)c3nc(-c4ccc(OCCN5CCNCC5)cc4)cn3c2)c1. The molecule has 8 heteroatoms. The third-order valence-electron chi connectivity index (χ3n) is 7.87. The van der Waals surface area contributed by atoms with Gasteiger partial charge >= 0.3 is 0 Å². The highest BCUT2D eigenvalue weighted by atomic mass is 16.5. The van der Waals surface area contributed by atoms with Crippen LogP contribution in [0.3, 0.4) is 0 Å². The summed E-state index contributed by atoms with van der Waals surface area (Å²) in [6.45, 7) is 7.36. The Labute approximate surface area is 251 Å². The lowest BCUT2D eigenvalue weighted by atomic mass is 9.99. The zero-order chi connectivity index (χ0) is 29.8. The van der Waals surface area contributed by atoms with Crippen molar-refractivity contribution < 1.29 is 19.0 Å². The fraction of sp³-hybridized carbons (Fsp3) is 0.257. The fourth-order valence-corrected chi connectivity index (χ4v) is 5.42. The van der Waals surface area contributed by atoms with Crippen molar-refractivity contribution in [1.29, 1.82) is 0 Å². The number of pyridine rings is 1. The average molecular weight is 577 g/mol. The molecule has 0 radical (unpaired) electrons. The minimum Gasteiger partial charge on any atom is -0.497 e. The minimum atomic E-state index is 0.0354. The molecule has 0 atom stereocenters. The maximum absolute atomic E-state index is 11.9. The summed E-state index contributed by atoms with van der Waals surface area (Å²) in [5, 5.41) is 3.38. The number of aromatic nitrogens is 2. The van der Waals surface area contributed by atoms with Crippen molar-refractivity contribution in [2.24, 2.45) is 0 Å². The highest BCUT2D eigenvalue weighted by molar-refractivity contribution is 5.95. The number of fused-ring (bicyclic) bond motifs is 1. The lowest BCUT2D eigenvalue weighted by Gasteiger charge is -2.26. The number of ether oxygens (including phenoxy) is 3. The van der Waals surface area contributed by atoms with E-state index >= 15 is 0 Å².